The molecule has 1 aromatic heterocycles. The Kier molecular flexibility index (Phi) is 8.16. The molecule has 0 radical (unpaired) electrons. The molecule has 1 amide bonds. The van der Waals surface area contributed by atoms with E-state index in [0.29, 0.717) is 22.2 Å². The lowest BCUT2D eigenvalue weighted by Crippen LogP contribution is -2.40. The lowest BCUT2D eigenvalue weighted by Gasteiger charge is -2.31. The smallest absolute Gasteiger partial charge is 0.256 e. The van der Waals surface area contributed by atoms with E-state index in [9.17, 15) is 4.79 Å². The molecule has 1 aliphatic heterocycles. The summed E-state index contributed by atoms with van der Waals surface area (Å²) in [6, 6.07) is 10.9. The highest BCUT2D eigenvalue weighted by Gasteiger charge is 2.27. The van der Waals surface area contributed by atoms with E-state index in [1.165, 1.54) is 0 Å². The van der Waals surface area contributed by atoms with Crippen LogP contribution in [0.5, 0.6) is 0 Å². The number of carbonyl (C=O) groups excluding carboxylic acids is 1. The maximum Gasteiger partial charge on any atom is 0.256 e. The molecule has 140 valence electrons. The Hall–Kier alpha value is -1.33. The topological polar surface area (TPSA) is 45.2 Å². The van der Waals surface area contributed by atoms with Gasteiger partial charge in [0.2, 0.25) is 0 Å². The van der Waals surface area contributed by atoms with E-state index in [1.807, 2.05) is 23.1 Å². The van der Waals surface area contributed by atoms with Gasteiger partial charge in [-0.15, -0.1) is 12.4 Å². The number of aromatic nitrogens is 1. The van der Waals surface area contributed by atoms with Crippen molar-refractivity contribution in [3.05, 3.63) is 63.9 Å². The summed E-state index contributed by atoms with van der Waals surface area (Å²) in [4.78, 5) is 19.5. The van der Waals surface area contributed by atoms with Gasteiger partial charge in [0.15, 0.2) is 0 Å². The summed E-state index contributed by atoms with van der Waals surface area (Å²) >= 11 is 12.4. The third kappa shape index (κ3) is 5.34. The molecule has 7 heteroatoms. The molecule has 1 N–H and O–H groups in total. The van der Waals surface area contributed by atoms with Crippen molar-refractivity contribution < 1.29 is 4.79 Å². The first-order valence-corrected chi connectivity index (χ1v) is 9.27. The SMILES string of the molecule is Cl.O=C(c1cc(Cl)ccc1Cl)N(Cc1ccccn1)C1CCCNCC1. The van der Waals surface area contributed by atoms with Gasteiger partial charge < -0.3 is 10.2 Å². The van der Waals surface area contributed by atoms with E-state index in [1.54, 1.807) is 24.4 Å². The lowest BCUT2D eigenvalue weighted by molar-refractivity contribution is 0.0642. The van der Waals surface area contributed by atoms with Crippen LogP contribution in [0.4, 0.5) is 0 Å². The second kappa shape index (κ2) is 10.1. The molecule has 0 saturated carbocycles. The van der Waals surface area contributed by atoms with Gasteiger partial charge in [0.1, 0.15) is 0 Å². The minimum atomic E-state index is -0.0925. The fourth-order valence-electron chi connectivity index (χ4n) is 3.16. The second-order valence-corrected chi connectivity index (χ2v) is 7.06. The first-order chi connectivity index (χ1) is 12.1. The molecule has 0 bridgehead atoms. The minimum absolute atomic E-state index is 0. The summed E-state index contributed by atoms with van der Waals surface area (Å²) in [6.45, 7) is 2.35. The highest BCUT2D eigenvalue weighted by Crippen LogP contribution is 2.25. The van der Waals surface area contributed by atoms with Gasteiger partial charge in [0, 0.05) is 17.3 Å². The second-order valence-electron chi connectivity index (χ2n) is 6.21. The van der Waals surface area contributed by atoms with Crippen molar-refractivity contribution in [1.29, 1.82) is 0 Å². The fraction of sp³-hybridized carbons (Fsp3) is 0.368. The minimum Gasteiger partial charge on any atom is -0.330 e. The van der Waals surface area contributed by atoms with Gasteiger partial charge in [-0.1, -0.05) is 29.3 Å². The summed E-state index contributed by atoms with van der Waals surface area (Å²) in [7, 11) is 0. The lowest BCUT2D eigenvalue weighted by atomic mass is 10.0. The van der Waals surface area contributed by atoms with Crippen LogP contribution in [0.3, 0.4) is 0 Å². The highest BCUT2D eigenvalue weighted by molar-refractivity contribution is 6.35. The van der Waals surface area contributed by atoms with Crippen molar-refractivity contribution in [2.75, 3.05) is 13.1 Å². The number of pyridine rings is 1. The zero-order chi connectivity index (χ0) is 17.6. The van der Waals surface area contributed by atoms with Crippen molar-refractivity contribution in [2.24, 2.45) is 0 Å². The molecule has 1 unspecified atom stereocenters. The monoisotopic (exact) mass is 413 g/mol. The van der Waals surface area contributed by atoms with Gasteiger partial charge in [-0.2, -0.15) is 0 Å². The molecule has 4 nitrogen and oxygen atoms in total. The van der Waals surface area contributed by atoms with Gasteiger partial charge in [0.25, 0.3) is 5.91 Å². The zero-order valence-electron chi connectivity index (χ0n) is 14.3. The maximum absolute atomic E-state index is 13.3. The summed E-state index contributed by atoms with van der Waals surface area (Å²) < 4.78 is 0. The van der Waals surface area contributed by atoms with E-state index in [4.69, 9.17) is 23.2 Å². The van der Waals surface area contributed by atoms with Crippen LogP contribution in [-0.2, 0) is 6.54 Å². The number of amides is 1. The Labute approximate surface area is 170 Å². The molecular formula is C19H22Cl3N3O. The molecule has 0 aliphatic carbocycles. The van der Waals surface area contributed by atoms with Crippen LogP contribution < -0.4 is 5.32 Å². The predicted octanol–water partition coefficient (Wildman–Crippen LogP) is 4.59. The third-order valence-electron chi connectivity index (χ3n) is 4.46. The number of nitrogens with one attached hydrogen (secondary N) is 1. The van der Waals surface area contributed by atoms with E-state index in [-0.39, 0.29) is 24.4 Å². The van der Waals surface area contributed by atoms with Crippen LogP contribution in [0, 0.1) is 0 Å². The van der Waals surface area contributed by atoms with E-state index < -0.39 is 0 Å². The molecule has 1 atom stereocenters. The Morgan fingerprint density at radius 2 is 2.04 bits per heavy atom. The van der Waals surface area contributed by atoms with E-state index >= 15 is 0 Å². The van der Waals surface area contributed by atoms with Crippen LogP contribution in [0.1, 0.15) is 35.3 Å². The fourth-order valence-corrected chi connectivity index (χ4v) is 3.53. The number of benzene rings is 1. The average Bonchev–Trinajstić information content (AvgIpc) is 2.91. The number of carbonyl (C=O) groups is 1. The molecule has 1 saturated heterocycles. The largest absolute Gasteiger partial charge is 0.330 e. The Bertz CT molecular complexity index is 719. The summed E-state index contributed by atoms with van der Waals surface area (Å²) in [5.74, 6) is -0.0925. The first-order valence-electron chi connectivity index (χ1n) is 8.52. The van der Waals surface area contributed by atoms with E-state index in [2.05, 4.69) is 10.3 Å². The molecule has 3 rings (SSSR count). The van der Waals surface area contributed by atoms with Crippen molar-refractivity contribution >= 4 is 41.5 Å². The van der Waals surface area contributed by atoms with Crippen LogP contribution in [-0.4, -0.2) is 34.9 Å². The Morgan fingerprint density at radius 1 is 1.19 bits per heavy atom. The van der Waals surface area contributed by atoms with Crippen molar-refractivity contribution in [3.63, 3.8) is 0 Å². The Morgan fingerprint density at radius 3 is 2.81 bits per heavy atom. The summed E-state index contributed by atoms with van der Waals surface area (Å²) in [5.41, 5.74) is 1.31. The maximum atomic E-state index is 13.3. The van der Waals surface area contributed by atoms with Gasteiger partial charge >= 0.3 is 0 Å². The number of hydrogen-bond acceptors (Lipinski definition) is 3. The predicted molar refractivity (Wildman–Crippen MR) is 108 cm³/mol. The van der Waals surface area contributed by atoms with E-state index in [0.717, 1.165) is 38.0 Å². The summed E-state index contributed by atoms with van der Waals surface area (Å²) in [5, 5.41) is 4.33. The van der Waals surface area contributed by atoms with Gasteiger partial charge in [-0.3, -0.25) is 9.78 Å². The van der Waals surface area contributed by atoms with Gasteiger partial charge in [-0.05, 0) is 62.7 Å². The molecule has 1 fully saturated rings. The molecule has 26 heavy (non-hydrogen) atoms. The normalized spacial score (nSPS) is 17.1. The molecule has 2 aromatic rings. The number of halogens is 3. The van der Waals surface area contributed by atoms with Crippen LogP contribution in [0.2, 0.25) is 10.0 Å². The molecule has 2 heterocycles. The van der Waals surface area contributed by atoms with Gasteiger partial charge in [-0.25, -0.2) is 0 Å². The number of hydrogen-bond donors (Lipinski definition) is 1. The van der Waals surface area contributed by atoms with Gasteiger partial charge in [0.05, 0.1) is 22.8 Å². The van der Waals surface area contributed by atoms with Crippen LogP contribution in [0.15, 0.2) is 42.6 Å². The van der Waals surface area contributed by atoms with Crippen molar-refractivity contribution in [3.8, 4) is 0 Å². The standard InChI is InChI=1S/C19H21Cl2N3O.ClH/c20-14-6-7-18(21)17(12-14)19(25)24(13-15-4-1-2-10-23-15)16-5-3-9-22-11-8-16;/h1-2,4,6-7,10,12,16,22H,3,5,8-9,11,13H2;1H. The molecular weight excluding hydrogens is 393 g/mol. The third-order valence-corrected chi connectivity index (χ3v) is 5.03. The number of rotatable bonds is 4. The molecule has 1 aromatic carbocycles. The quantitative estimate of drug-likeness (QED) is 0.795. The summed E-state index contributed by atoms with van der Waals surface area (Å²) in [6.07, 6.45) is 4.67. The van der Waals surface area contributed by atoms with Crippen LogP contribution >= 0.6 is 35.6 Å². The molecule has 1 aliphatic rings. The Balaban J connectivity index is 0.00000243. The number of nitrogens with zero attached hydrogens (tertiary/aromatic N) is 2. The van der Waals surface area contributed by atoms with Crippen LogP contribution in [0.25, 0.3) is 0 Å². The van der Waals surface area contributed by atoms with Crippen molar-refractivity contribution in [2.45, 2.75) is 31.8 Å². The zero-order valence-corrected chi connectivity index (χ0v) is 16.7. The first kappa shape index (κ1) is 21.0. The molecule has 0 spiro atoms. The average molecular weight is 415 g/mol. The van der Waals surface area contributed by atoms with Crippen molar-refractivity contribution in [1.82, 2.24) is 15.2 Å². The highest BCUT2D eigenvalue weighted by atomic mass is 35.5.